The molecule has 0 aliphatic heterocycles. The Balaban J connectivity index is 2.40. The lowest BCUT2D eigenvalue weighted by Gasteiger charge is -1.78. The molecular formula is C3H5NO. The first kappa shape index (κ1) is 4.47. The Labute approximate surface area is 31.2 Å². The Bertz CT molecular complexity index is 28.1. The molecule has 0 saturated heterocycles. The molecule has 0 unspecified atom stereocenters. The first-order chi connectivity index (χ1) is 2.41. The highest BCUT2D eigenvalue weighted by Crippen LogP contribution is 1.36. The third kappa shape index (κ3) is 3.47. The second kappa shape index (κ2) is 3.47. The van der Waals surface area contributed by atoms with Gasteiger partial charge in [-0.25, -0.2) is 0 Å². The van der Waals surface area contributed by atoms with Crippen LogP contribution in [0.4, 0.5) is 0 Å². The Morgan fingerprint density at radius 3 is 2.60 bits per heavy atom. The molecule has 0 saturated carbocycles. The summed E-state index contributed by atoms with van der Waals surface area (Å²) >= 11 is 0. The molecule has 0 aromatic heterocycles. The molecule has 28 valence electrons. The van der Waals surface area contributed by atoms with E-state index < -0.39 is 0 Å². The van der Waals surface area contributed by atoms with Crippen LogP contribution in [0.1, 0.15) is 0 Å². The lowest BCUT2D eigenvalue weighted by Crippen LogP contribution is -2.07. The van der Waals surface area contributed by atoms with Crippen LogP contribution in [0.25, 0.3) is 0 Å². The van der Waals surface area contributed by atoms with Gasteiger partial charge in [-0.1, -0.05) is 0 Å². The molecule has 0 rings (SSSR count). The van der Waals surface area contributed by atoms with Gasteiger partial charge in [-0.3, -0.25) is 4.79 Å². The number of nitrogens with one attached hydrogen (secondary N) is 1. The zero-order valence-corrected chi connectivity index (χ0v) is 2.77. The Morgan fingerprint density at radius 1 is 2.00 bits per heavy atom. The van der Waals surface area contributed by atoms with Crippen molar-refractivity contribution in [2.24, 2.45) is 0 Å². The van der Waals surface area contributed by atoms with E-state index in [-0.39, 0.29) is 6.54 Å². The molecule has 5 heavy (non-hydrogen) atoms. The maximum absolute atomic E-state index is 9.21. The molecule has 0 bridgehead atoms. The summed E-state index contributed by atoms with van der Waals surface area (Å²) in [5.74, 6) is 0. The first-order valence-electron chi connectivity index (χ1n) is 1.29. The van der Waals surface area contributed by atoms with E-state index in [9.17, 15) is 4.79 Å². The molecule has 1 N–H and O–H groups in total. The van der Waals surface area contributed by atoms with Gasteiger partial charge in [-0.2, -0.15) is 0 Å². The van der Waals surface area contributed by atoms with Crippen molar-refractivity contribution < 1.29 is 4.79 Å². The molecule has 1 amide bonds. The zero-order valence-electron chi connectivity index (χ0n) is 2.77. The fraction of sp³-hybridized carbons (Fsp3) is 0.333. The van der Waals surface area contributed by atoms with E-state index in [0.29, 0.717) is 6.41 Å². The van der Waals surface area contributed by atoms with Crippen molar-refractivity contribution in [3.63, 3.8) is 0 Å². The maximum Gasteiger partial charge on any atom is 0.207 e. The summed E-state index contributed by atoms with van der Waals surface area (Å²) in [6.07, 6.45) is 0.556. The van der Waals surface area contributed by atoms with E-state index in [1.807, 2.05) is 0 Å². The molecular weight excluding hydrogens is 66.0 g/mol. The first-order valence-corrected chi connectivity index (χ1v) is 1.29. The second-order valence-corrected chi connectivity index (χ2v) is 0.526. The molecule has 0 spiro atoms. The monoisotopic (exact) mass is 71.0 g/mol. The SMILES string of the molecule is [CH]CNC=O. The van der Waals surface area contributed by atoms with E-state index in [0.717, 1.165) is 0 Å². The summed E-state index contributed by atoms with van der Waals surface area (Å²) < 4.78 is 0. The molecule has 0 atom stereocenters. The maximum atomic E-state index is 9.21. The van der Waals surface area contributed by atoms with Gasteiger partial charge in [0.2, 0.25) is 6.41 Å². The summed E-state index contributed by atoms with van der Waals surface area (Å²) in [6, 6.07) is 0. The number of hydrogen-bond acceptors (Lipinski definition) is 1. The highest BCUT2D eigenvalue weighted by molar-refractivity contribution is 5.45. The van der Waals surface area contributed by atoms with Crippen molar-refractivity contribution in [3.05, 3.63) is 6.92 Å². The average molecular weight is 71.1 g/mol. The van der Waals surface area contributed by atoms with Gasteiger partial charge in [0.05, 0.1) is 0 Å². The highest BCUT2D eigenvalue weighted by Gasteiger charge is 1.59. The van der Waals surface area contributed by atoms with Gasteiger partial charge in [0.1, 0.15) is 0 Å². The van der Waals surface area contributed by atoms with E-state index in [1.165, 1.54) is 0 Å². The van der Waals surface area contributed by atoms with E-state index >= 15 is 0 Å². The molecule has 2 heteroatoms. The topological polar surface area (TPSA) is 29.1 Å². The van der Waals surface area contributed by atoms with Crippen LogP contribution >= 0.6 is 0 Å². The number of rotatable bonds is 2. The summed E-state index contributed by atoms with van der Waals surface area (Å²) in [4.78, 5) is 9.21. The highest BCUT2D eigenvalue weighted by atomic mass is 16.1. The van der Waals surface area contributed by atoms with Gasteiger partial charge in [-0.05, 0) is 6.92 Å². The molecule has 2 radical (unpaired) electrons. The van der Waals surface area contributed by atoms with Crippen LogP contribution in [0.2, 0.25) is 0 Å². The fourth-order valence-corrected chi connectivity index (χ4v) is 0.0481. The molecule has 0 aliphatic carbocycles. The van der Waals surface area contributed by atoms with E-state index in [4.69, 9.17) is 6.92 Å². The van der Waals surface area contributed by atoms with Crippen LogP contribution in [0.5, 0.6) is 0 Å². The molecule has 0 aromatic rings. The Morgan fingerprint density at radius 2 is 2.60 bits per heavy atom. The van der Waals surface area contributed by atoms with Gasteiger partial charge in [0.25, 0.3) is 0 Å². The van der Waals surface area contributed by atoms with Gasteiger partial charge in [-0.15, -0.1) is 0 Å². The van der Waals surface area contributed by atoms with Gasteiger partial charge >= 0.3 is 0 Å². The minimum atomic E-state index is 0.226. The van der Waals surface area contributed by atoms with E-state index in [1.54, 1.807) is 0 Å². The quantitative estimate of drug-likeness (QED) is 0.434. The lowest BCUT2D eigenvalue weighted by atomic mass is 10.8. The fourth-order valence-electron chi connectivity index (χ4n) is 0.0481. The average Bonchev–Trinajstić information content (AvgIpc) is 1.41. The van der Waals surface area contributed by atoms with E-state index in [2.05, 4.69) is 5.32 Å². The molecule has 0 heterocycles. The molecule has 0 aromatic carbocycles. The molecule has 0 fully saturated rings. The number of carbonyl (C=O) groups is 1. The number of amides is 1. The van der Waals surface area contributed by atoms with Crippen LogP contribution in [-0.2, 0) is 4.79 Å². The van der Waals surface area contributed by atoms with Crippen LogP contribution in [0.3, 0.4) is 0 Å². The van der Waals surface area contributed by atoms with Crippen molar-refractivity contribution in [2.45, 2.75) is 0 Å². The van der Waals surface area contributed by atoms with Crippen LogP contribution in [0, 0.1) is 6.92 Å². The van der Waals surface area contributed by atoms with Crippen LogP contribution in [-0.4, -0.2) is 13.0 Å². The normalized spacial score (nSPS) is 6.60. The summed E-state index contributed by atoms with van der Waals surface area (Å²) in [5.41, 5.74) is 0. The summed E-state index contributed by atoms with van der Waals surface area (Å²) in [7, 11) is 0. The van der Waals surface area contributed by atoms with Crippen LogP contribution < -0.4 is 5.32 Å². The van der Waals surface area contributed by atoms with Gasteiger partial charge in [0.15, 0.2) is 0 Å². The third-order valence-electron chi connectivity index (χ3n) is 0.201. The van der Waals surface area contributed by atoms with Gasteiger partial charge < -0.3 is 5.32 Å². The van der Waals surface area contributed by atoms with Gasteiger partial charge in [0, 0.05) is 6.54 Å². The van der Waals surface area contributed by atoms with Crippen LogP contribution in [0.15, 0.2) is 0 Å². The minimum absolute atomic E-state index is 0.226. The van der Waals surface area contributed by atoms with Crippen molar-refractivity contribution in [1.82, 2.24) is 5.32 Å². The summed E-state index contributed by atoms with van der Waals surface area (Å²) in [5, 5.41) is 2.21. The molecule has 2 nitrogen and oxygen atoms in total. The van der Waals surface area contributed by atoms with Crippen molar-refractivity contribution in [3.8, 4) is 0 Å². The smallest absolute Gasteiger partial charge is 0.207 e. The second-order valence-electron chi connectivity index (χ2n) is 0.526. The Hall–Kier alpha value is -0.530. The third-order valence-corrected chi connectivity index (χ3v) is 0.201. The minimum Gasteiger partial charge on any atom is -0.358 e. The predicted molar refractivity (Wildman–Crippen MR) is 18.4 cm³/mol. The molecule has 0 aliphatic rings. The number of carbonyl (C=O) groups excluding carboxylic acids is 1. The summed E-state index contributed by atoms with van der Waals surface area (Å²) in [6.45, 7) is 5.02. The number of hydrogen-bond donors (Lipinski definition) is 1. The zero-order chi connectivity index (χ0) is 4.12. The lowest BCUT2D eigenvalue weighted by molar-refractivity contribution is -0.109. The predicted octanol–water partition coefficient (Wildman–Crippen LogP) is -0.557. The Kier molecular flexibility index (Phi) is 3.10. The van der Waals surface area contributed by atoms with Crippen molar-refractivity contribution in [2.75, 3.05) is 6.54 Å². The van der Waals surface area contributed by atoms with Crippen molar-refractivity contribution in [1.29, 1.82) is 0 Å². The standard InChI is InChI=1S/C3H5NO/c1-2-4-3-5/h1,3H,2H2,(H,4,5). The largest absolute Gasteiger partial charge is 0.358 e. The van der Waals surface area contributed by atoms with Crippen molar-refractivity contribution >= 4 is 6.41 Å².